The molecule has 1 unspecified atom stereocenters. The molecule has 31 heavy (non-hydrogen) atoms. The molecule has 1 atom stereocenters. The number of aromatic nitrogens is 1. The van der Waals surface area contributed by atoms with Gasteiger partial charge in [0.2, 0.25) is 5.89 Å². The van der Waals surface area contributed by atoms with Crippen molar-refractivity contribution in [2.45, 2.75) is 33.1 Å². The zero-order chi connectivity index (χ0) is 21.8. The summed E-state index contributed by atoms with van der Waals surface area (Å²) in [5, 5.41) is 2.94. The van der Waals surface area contributed by atoms with Crippen LogP contribution in [0.3, 0.4) is 0 Å². The van der Waals surface area contributed by atoms with Crippen LogP contribution in [-0.4, -0.2) is 17.5 Å². The van der Waals surface area contributed by atoms with Crippen molar-refractivity contribution in [3.8, 4) is 17.2 Å². The van der Waals surface area contributed by atoms with Crippen molar-refractivity contribution >= 4 is 22.7 Å². The Morgan fingerprint density at radius 3 is 2.71 bits per heavy atom. The van der Waals surface area contributed by atoms with Crippen LogP contribution >= 0.6 is 0 Å². The van der Waals surface area contributed by atoms with Gasteiger partial charge in [-0.15, -0.1) is 0 Å². The highest BCUT2D eigenvalue weighted by molar-refractivity contribution is 6.04. The van der Waals surface area contributed by atoms with Gasteiger partial charge in [0.05, 0.1) is 6.61 Å². The predicted octanol–water partition coefficient (Wildman–Crippen LogP) is 6.66. The molecule has 1 amide bonds. The van der Waals surface area contributed by atoms with Gasteiger partial charge in [-0.3, -0.25) is 4.79 Å². The Bertz CT molecular complexity index is 1210. The number of hydrogen-bond donors (Lipinski definition) is 1. The number of rotatable bonds is 7. The monoisotopic (exact) mass is 414 g/mol. The fourth-order valence-corrected chi connectivity index (χ4v) is 3.44. The van der Waals surface area contributed by atoms with E-state index in [1.807, 2.05) is 49.4 Å². The summed E-state index contributed by atoms with van der Waals surface area (Å²) in [4.78, 5) is 17.4. The van der Waals surface area contributed by atoms with E-state index >= 15 is 0 Å². The van der Waals surface area contributed by atoms with Crippen molar-refractivity contribution in [2.75, 3.05) is 11.9 Å². The third kappa shape index (κ3) is 4.61. The highest BCUT2D eigenvalue weighted by Crippen LogP contribution is 2.29. The standard InChI is InChI=1S/C26H26N2O3/c1-4-17(3)18-12-13-24-23(16-18)28-26(31-24)20-9-6-10-21(14-20)27-25(29)19-8-7-11-22(15-19)30-5-2/h6-17H,4-5H2,1-3H3,(H,27,29). The Balaban J connectivity index is 1.57. The van der Waals surface area contributed by atoms with E-state index in [4.69, 9.17) is 9.15 Å². The summed E-state index contributed by atoms with van der Waals surface area (Å²) in [5.74, 6) is 1.48. The third-order valence-electron chi connectivity index (χ3n) is 5.37. The molecule has 0 bridgehead atoms. The van der Waals surface area contributed by atoms with Crippen molar-refractivity contribution in [1.82, 2.24) is 4.98 Å². The molecule has 0 saturated heterocycles. The molecule has 0 saturated carbocycles. The topological polar surface area (TPSA) is 64.4 Å². The highest BCUT2D eigenvalue weighted by Gasteiger charge is 2.13. The summed E-state index contributed by atoms with van der Waals surface area (Å²) in [6.45, 7) is 6.85. The molecule has 0 radical (unpaired) electrons. The number of ether oxygens (including phenoxy) is 1. The lowest BCUT2D eigenvalue weighted by atomic mass is 9.98. The van der Waals surface area contributed by atoms with Crippen LogP contribution in [-0.2, 0) is 0 Å². The first-order valence-corrected chi connectivity index (χ1v) is 10.6. The Morgan fingerprint density at radius 1 is 1.06 bits per heavy atom. The number of hydrogen-bond acceptors (Lipinski definition) is 4. The Morgan fingerprint density at radius 2 is 1.90 bits per heavy atom. The van der Waals surface area contributed by atoms with Crippen LogP contribution in [0.25, 0.3) is 22.6 Å². The second-order valence-electron chi connectivity index (χ2n) is 7.55. The van der Waals surface area contributed by atoms with Crippen molar-refractivity contribution in [3.05, 3.63) is 77.9 Å². The second-order valence-corrected chi connectivity index (χ2v) is 7.55. The summed E-state index contributed by atoms with van der Waals surface area (Å²) in [7, 11) is 0. The van der Waals surface area contributed by atoms with Crippen LogP contribution in [0.15, 0.2) is 71.1 Å². The van der Waals surface area contributed by atoms with Crippen LogP contribution in [0.2, 0.25) is 0 Å². The van der Waals surface area contributed by atoms with Gasteiger partial charge in [-0.2, -0.15) is 0 Å². The third-order valence-corrected chi connectivity index (χ3v) is 5.37. The number of nitrogens with one attached hydrogen (secondary N) is 1. The number of carbonyl (C=O) groups excluding carboxylic acids is 1. The van der Waals surface area contributed by atoms with E-state index in [-0.39, 0.29) is 5.91 Å². The van der Waals surface area contributed by atoms with Crippen molar-refractivity contribution < 1.29 is 13.9 Å². The first-order valence-electron chi connectivity index (χ1n) is 10.6. The average molecular weight is 415 g/mol. The molecule has 4 aromatic rings. The van der Waals surface area contributed by atoms with E-state index < -0.39 is 0 Å². The number of oxazole rings is 1. The van der Waals surface area contributed by atoms with E-state index in [0.717, 1.165) is 23.1 Å². The minimum atomic E-state index is -0.200. The SMILES string of the molecule is CCOc1cccc(C(=O)Nc2cccc(-c3nc4cc(C(C)CC)ccc4o3)c2)c1. The van der Waals surface area contributed by atoms with E-state index in [0.29, 0.717) is 35.4 Å². The molecule has 5 nitrogen and oxygen atoms in total. The van der Waals surface area contributed by atoms with Crippen LogP contribution in [0.5, 0.6) is 5.75 Å². The number of nitrogens with zero attached hydrogens (tertiary/aromatic N) is 1. The van der Waals surface area contributed by atoms with Gasteiger partial charge in [-0.25, -0.2) is 4.98 Å². The number of carbonyl (C=O) groups is 1. The smallest absolute Gasteiger partial charge is 0.255 e. The minimum Gasteiger partial charge on any atom is -0.494 e. The number of anilines is 1. The van der Waals surface area contributed by atoms with E-state index in [9.17, 15) is 4.79 Å². The Hall–Kier alpha value is -3.60. The van der Waals surface area contributed by atoms with Crippen molar-refractivity contribution in [1.29, 1.82) is 0 Å². The predicted molar refractivity (Wildman–Crippen MR) is 124 cm³/mol. The molecule has 0 aliphatic carbocycles. The summed E-state index contributed by atoms with van der Waals surface area (Å²) < 4.78 is 11.5. The molecule has 1 aromatic heterocycles. The maximum atomic E-state index is 12.7. The van der Waals surface area contributed by atoms with Crippen LogP contribution in [0.1, 0.15) is 49.0 Å². The lowest BCUT2D eigenvalue weighted by molar-refractivity contribution is 0.102. The molecule has 158 valence electrons. The molecule has 0 fully saturated rings. The normalized spacial score (nSPS) is 12.0. The molecule has 0 aliphatic rings. The lowest BCUT2D eigenvalue weighted by Crippen LogP contribution is -2.12. The van der Waals surface area contributed by atoms with Crippen LogP contribution in [0.4, 0.5) is 5.69 Å². The number of benzene rings is 3. The zero-order valence-corrected chi connectivity index (χ0v) is 18.0. The number of fused-ring (bicyclic) bond motifs is 1. The lowest BCUT2D eigenvalue weighted by Gasteiger charge is -2.08. The molecular weight excluding hydrogens is 388 g/mol. The van der Waals surface area contributed by atoms with Crippen LogP contribution in [0, 0.1) is 0 Å². The largest absolute Gasteiger partial charge is 0.494 e. The fraction of sp³-hybridized carbons (Fsp3) is 0.231. The number of amides is 1. The minimum absolute atomic E-state index is 0.200. The Labute approximate surface area is 182 Å². The van der Waals surface area contributed by atoms with Crippen molar-refractivity contribution in [2.24, 2.45) is 0 Å². The van der Waals surface area contributed by atoms with E-state index in [1.54, 1.807) is 12.1 Å². The first-order chi connectivity index (χ1) is 15.1. The second kappa shape index (κ2) is 9.04. The molecule has 4 rings (SSSR count). The highest BCUT2D eigenvalue weighted by atomic mass is 16.5. The van der Waals surface area contributed by atoms with Gasteiger partial charge in [0.15, 0.2) is 5.58 Å². The molecule has 5 heteroatoms. The van der Waals surface area contributed by atoms with E-state index in [2.05, 4.69) is 36.3 Å². The zero-order valence-electron chi connectivity index (χ0n) is 18.0. The van der Waals surface area contributed by atoms with E-state index in [1.165, 1.54) is 5.56 Å². The maximum Gasteiger partial charge on any atom is 0.255 e. The van der Waals surface area contributed by atoms with Gasteiger partial charge >= 0.3 is 0 Å². The molecule has 0 spiro atoms. The fourth-order valence-electron chi connectivity index (χ4n) is 3.44. The quantitative estimate of drug-likeness (QED) is 0.367. The maximum absolute atomic E-state index is 12.7. The summed E-state index contributed by atoms with van der Waals surface area (Å²) in [5.41, 5.74) is 4.87. The van der Waals surface area contributed by atoms with Gasteiger partial charge in [-0.1, -0.05) is 32.0 Å². The van der Waals surface area contributed by atoms with Gasteiger partial charge in [-0.05, 0) is 73.4 Å². The molecule has 0 aliphatic heterocycles. The average Bonchev–Trinajstić information content (AvgIpc) is 3.22. The summed E-state index contributed by atoms with van der Waals surface area (Å²) in [6.07, 6.45) is 1.07. The van der Waals surface area contributed by atoms with Crippen molar-refractivity contribution in [3.63, 3.8) is 0 Å². The molecule has 1 N–H and O–H groups in total. The summed E-state index contributed by atoms with van der Waals surface area (Å²) in [6, 6.07) is 20.8. The molecule has 3 aromatic carbocycles. The van der Waals surface area contributed by atoms with Gasteiger partial charge in [0.25, 0.3) is 5.91 Å². The molecule has 1 heterocycles. The van der Waals surface area contributed by atoms with Crippen LogP contribution < -0.4 is 10.1 Å². The first kappa shape index (κ1) is 20.7. The Kier molecular flexibility index (Phi) is 6.03. The van der Waals surface area contributed by atoms with Gasteiger partial charge in [0, 0.05) is 16.8 Å². The summed E-state index contributed by atoms with van der Waals surface area (Å²) >= 11 is 0. The van der Waals surface area contributed by atoms with Gasteiger partial charge < -0.3 is 14.5 Å². The van der Waals surface area contributed by atoms with Gasteiger partial charge in [0.1, 0.15) is 11.3 Å². The molecular formula is C26H26N2O3.